The molecule has 0 saturated carbocycles. The van der Waals surface area contributed by atoms with Crippen LogP contribution in [-0.2, 0) is 16.0 Å². The number of ether oxygens (including phenoxy) is 3. The Labute approximate surface area is 186 Å². The van der Waals surface area contributed by atoms with Gasteiger partial charge in [0.05, 0.1) is 7.11 Å². The fourth-order valence-electron chi connectivity index (χ4n) is 3.14. The lowest BCUT2D eigenvalue weighted by molar-refractivity contribution is -0.149. The monoisotopic (exact) mass is 438 g/mol. The molecule has 2 aromatic carbocycles. The van der Waals surface area contributed by atoms with Gasteiger partial charge in [0, 0.05) is 17.9 Å². The molecule has 162 valence electrons. The lowest BCUT2D eigenvalue weighted by Crippen LogP contribution is -2.26. The third-order valence-corrected chi connectivity index (χ3v) is 5.62. The van der Waals surface area contributed by atoms with Crippen molar-refractivity contribution in [2.45, 2.75) is 19.4 Å². The Balaban J connectivity index is 1.67. The molecule has 0 bridgehead atoms. The van der Waals surface area contributed by atoms with Crippen molar-refractivity contribution in [2.75, 3.05) is 20.3 Å². The van der Waals surface area contributed by atoms with E-state index in [-0.39, 0.29) is 0 Å². The van der Waals surface area contributed by atoms with Crippen LogP contribution in [0.3, 0.4) is 0 Å². The van der Waals surface area contributed by atoms with Crippen LogP contribution >= 0.6 is 11.3 Å². The number of carbonyl (C=O) groups is 1. The van der Waals surface area contributed by atoms with E-state index in [1.807, 2.05) is 54.6 Å². The van der Waals surface area contributed by atoms with Crippen LogP contribution < -0.4 is 9.47 Å². The molecule has 1 aromatic heterocycles. The number of hydrogen-bond donors (Lipinski definition) is 1. The van der Waals surface area contributed by atoms with Crippen molar-refractivity contribution in [2.24, 2.45) is 0 Å². The van der Waals surface area contributed by atoms with Crippen LogP contribution in [0.2, 0.25) is 0 Å². The Bertz CT molecular complexity index is 976. The molecule has 0 unspecified atom stereocenters. The number of hydrogen-bond acceptors (Lipinski definition) is 5. The van der Waals surface area contributed by atoms with Gasteiger partial charge in [-0.25, -0.2) is 4.79 Å². The van der Waals surface area contributed by atoms with E-state index in [2.05, 4.69) is 17.5 Å². The van der Waals surface area contributed by atoms with E-state index in [0.717, 1.165) is 28.2 Å². The Morgan fingerprint density at radius 2 is 1.77 bits per heavy atom. The molecule has 0 aliphatic carbocycles. The molecule has 0 aliphatic rings. The Hall–Kier alpha value is -3.09. The normalized spacial score (nSPS) is 12.4. The van der Waals surface area contributed by atoms with E-state index < -0.39 is 12.1 Å². The van der Waals surface area contributed by atoms with E-state index in [1.54, 1.807) is 25.4 Å². The molecule has 1 atom stereocenters. The van der Waals surface area contributed by atoms with Crippen LogP contribution in [-0.4, -0.2) is 37.5 Å². The average Bonchev–Trinajstić information content (AvgIpc) is 3.32. The Morgan fingerprint density at radius 3 is 2.35 bits per heavy atom. The standard InChI is InChI=1S/C25H26O5S/c1-3-29-23(25(26)27)17-18-6-10-21(11-7-18)30-15-14-22(24-5-4-16-31-24)19-8-12-20(28-2)13-9-19/h4-14,16,23H,3,15,17H2,1-2H3,(H,26,27)/b22-14+/t23-/m0/s1. The summed E-state index contributed by atoms with van der Waals surface area (Å²) in [5.74, 6) is 0.593. The molecule has 3 aromatic rings. The fraction of sp³-hybridized carbons (Fsp3) is 0.240. The summed E-state index contributed by atoms with van der Waals surface area (Å²) in [7, 11) is 1.66. The number of methoxy groups -OCH3 is 1. The lowest BCUT2D eigenvalue weighted by Gasteiger charge is -2.13. The van der Waals surface area contributed by atoms with E-state index in [1.165, 1.54) is 4.88 Å². The van der Waals surface area contributed by atoms with Crippen molar-refractivity contribution >= 4 is 22.9 Å². The van der Waals surface area contributed by atoms with Gasteiger partial charge in [-0.3, -0.25) is 0 Å². The number of aliphatic carboxylic acids is 1. The highest BCUT2D eigenvalue weighted by atomic mass is 32.1. The molecule has 0 radical (unpaired) electrons. The fourth-order valence-corrected chi connectivity index (χ4v) is 3.93. The minimum Gasteiger partial charge on any atom is -0.497 e. The zero-order valence-electron chi connectivity index (χ0n) is 17.6. The summed E-state index contributed by atoms with van der Waals surface area (Å²) >= 11 is 1.68. The maximum atomic E-state index is 11.3. The first-order valence-electron chi connectivity index (χ1n) is 10.0. The van der Waals surface area contributed by atoms with Gasteiger partial charge < -0.3 is 19.3 Å². The maximum Gasteiger partial charge on any atom is 0.333 e. The van der Waals surface area contributed by atoms with E-state index >= 15 is 0 Å². The summed E-state index contributed by atoms with van der Waals surface area (Å²) < 4.78 is 16.4. The largest absolute Gasteiger partial charge is 0.497 e. The molecule has 31 heavy (non-hydrogen) atoms. The zero-order valence-corrected chi connectivity index (χ0v) is 18.4. The highest BCUT2D eigenvalue weighted by molar-refractivity contribution is 7.11. The second-order valence-electron chi connectivity index (χ2n) is 6.76. The summed E-state index contributed by atoms with van der Waals surface area (Å²) in [6, 6.07) is 19.5. The van der Waals surface area contributed by atoms with Gasteiger partial charge in [0.25, 0.3) is 0 Å². The number of carboxylic acid groups (broad SMARTS) is 1. The van der Waals surface area contributed by atoms with Gasteiger partial charge in [0.2, 0.25) is 0 Å². The van der Waals surface area contributed by atoms with Crippen molar-refractivity contribution in [3.05, 3.63) is 88.1 Å². The van der Waals surface area contributed by atoms with Gasteiger partial charge in [-0.1, -0.05) is 30.3 Å². The lowest BCUT2D eigenvalue weighted by atomic mass is 10.0. The van der Waals surface area contributed by atoms with Crippen LogP contribution in [0.4, 0.5) is 0 Å². The summed E-state index contributed by atoms with van der Waals surface area (Å²) in [4.78, 5) is 12.4. The van der Waals surface area contributed by atoms with Crippen LogP contribution in [0, 0.1) is 0 Å². The van der Waals surface area contributed by atoms with Crippen molar-refractivity contribution < 1.29 is 24.1 Å². The highest BCUT2D eigenvalue weighted by Crippen LogP contribution is 2.28. The summed E-state index contributed by atoms with van der Waals surface area (Å²) in [5.41, 5.74) is 3.09. The maximum absolute atomic E-state index is 11.3. The summed E-state index contributed by atoms with van der Waals surface area (Å²) in [6.07, 6.45) is 1.55. The van der Waals surface area contributed by atoms with Gasteiger partial charge in [-0.2, -0.15) is 0 Å². The quantitative estimate of drug-likeness (QED) is 0.440. The first-order chi connectivity index (χ1) is 15.1. The van der Waals surface area contributed by atoms with Crippen LogP contribution in [0.1, 0.15) is 22.9 Å². The van der Waals surface area contributed by atoms with Gasteiger partial charge in [0.1, 0.15) is 18.1 Å². The van der Waals surface area contributed by atoms with Crippen molar-refractivity contribution in [1.29, 1.82) is 0 Å². The predicted octanol–water partition coefficient (Wildman–Crippen LogP) is 5.30. The topological polar surface area (TPSA) is 65.0 Å². The Morgan fingerprint density at radius 1 is 1.06 bits per heavy atom. The minimum absolute atomic E-state index is 0.323. The van der Waals surface area contributed by atoms with E-state index in [0.29, 0.717) is 19.6 Å². The first kappa shape index (κ1) is 22.6. The van der Waals surface area contributed by atoms with E-state index in [4.69, 9.17) is 14.2 Å². The summed E-state index contributed by atoms with van der Waals surface area (Å²) in [6.45, 7) is 2.57. The van der Waals surface area contributed by atoms with Gasteiger partial charge in [-0.05, 0) is 65.4 Å². The molecular formula is C25H26O5S. The molecule has 1 N–H and O–H groups in total. The third kappa shape index (κ3) is 6.44. The van der Waals surface area contributed by atoms with Crippen molar-refractivity contribution in [3.8, 4) is 11.5 Å². The molecule has 0 fully saturated rings. The number of thiophene rings is 1. The van der Waals surface area contributed by atoms with Crippen molar-refractivity contribution in [3.63, 3.8) is 0 Å². The minimum atomic E-state index is -0.952. The molecular weight excluding hydrogens is 412 g/mol. The Kier molecular flexibility index (Phi) is 8.27. The number of rotatable bonds is 11. The van der Waals surface area contributed by atoms with Gasteiger partial charge in [0.15, 0.2) is 6.10 Å². The van der Waals surface area contributed by atoms with Gasteiger partial charge in [-0.15, -0.1) is 11.3 Å². The van der Waals surface area contributed by atoms with Crippen LogP contribution in [0.5, 0.6) is 11.5 Å². The second-order valence-corrected chi connectivity index (χ2v) is 7.71. The van der Waals surface area contributed by atoms with Crippen LogP contribution in [0.25, 0.3) is 5.57 Å². The highest BCUT2D eigenvalue weighted by Gasteiger charge is 2.17. The third-order valence-electron chi connectivity index (χ3n) is 4.71. The summed E-state index contributed by atoms with van der Waals surface area (Å²) in [5, 5.41) is 11.3. The molecule has 0 aliphatic heterocycles. The smallest absolute Gasteiger partial charge is 0.333 e. The van der Waals surface area contributed by atoms with Crippen molar-refractivity contribution in [1.82, 2.24) is 0 Å². The number of benzene rings is 2. The zero-order chi connectivity index (χ0) is 22.1. The molecule has 0 amide bonds. The van der Waals surface area contributed by atoms with Crippen LogP contribution in [0.15, 0.2) is 72.1 Å². The molecule has 1 heterocycles. The molecule has 5 nitrogen and oxygen atoms in total. The molecule has 0 saturated heterocycles. The first-order valence-corrected chi connectivity index (χ1v) is 10.9. The molecule has 0 spiro atoms. The number of carboxylic acids is 1. The SMILES string of the molecule is CCO[C@@H](Cc1ccc(OC/C=C(\c2ccc(OC)cc2)c2cccs2)cc1)C(=O)O. The predicted molar refractivity (Wildman–Crippen MR) is 123 cm³/mol. The molecule has 3 rings (SSSR count). The second kappa shape index (κ2) is 11.3. The van der Waals surface area contributed by atoms with Gasteiger partial charge >= 0.3 is 5.97 Å². The molecule has 6 heteroatoms. The van der Waals surface area contributed by atoms with E-state index in [9.17, 15) is 9.90 Å². The average molecular weight is 439 g/mol.